The third-order valence-corrected chi connectivity index (χ3v) is 5.84. The third kappa shape index (κ3) is 3.75. The average molecular weight is 384 g/mol. The SMILES string of the molecule is O=S(=O)(Nc1ccc(N2CCc3ccccc3C2)nn1)c1ccc(F)cc1. The number of benzene rings is 2. The number of halogens is 1. The summed E-state index contributed by atoms with van der Waals surface area (Å²) in [5.41, 5.74) is 2.59. The molecular formula is C19H17FN4O2S. The van der Waals surface area contributed by atoms with Crippen molar-refractivity contribution in [2.24, 2.45) is 0 Å². The molecule has 1 N–H and O–H groups in total. The summed E-state index contributed by atoms with van der Waals surface area (Å²) >= 11 is 0. The molecule has 3 aromatic rings. The Morgan fingerprint density at radius 3 is 2.37 bits per heavy atom. The molecule has 2 heterocycles. The van der Waals surface area contributed by atoms with E-state index in [0.29, 0.717) is 5.82 Å². The highest BCUT2D eigenvalue weighted by Crippen LogP contribution is 2.23. The topological polar surface area (TPSA) is 75.2 Å². The van der Waals surface area contributed by atoms with Crippen molar-refractivity contribution in [1.29, 1.82) is 0 Å². The first-order valence-electron chi connectivity index (χ1n) is 8.45. The molecular weight excluding hydrogens is 367 g/mol. The van der Waals surface area contributed by atoms with Crippen LogP contribution in [0.4, 0.5) is 16.0 Å². The van der Waals surface area contributed by atoms with Gasteiger partial charge in [-0.2, -0.15) is 0 Å². The van der Waals surface area contributed by atoms with E-state index in [4.69, 9.17) is 0 Å². The van der Waals surface area contributed by atoms with Gasteiger partial charge in [0, 0.05) is 13.1 Å². The van der Waals surface area contributed by atoms with Crippen LogP contribution in [0.3, 0.4) is 0 Å². The summed E-state index contributed by atoms with van der Waals surface area (Å²) in [6.07, 6.45) is 0.927. The Hall–Kier alpha value is -3.00. The van der Waals surface area contributed by atoms with E-state index in [1.165, 1.54) is 23.3 Å². The Morgan fingerprint density at radius 1 is 0.926 bits per heavy atom. The van der Waals surface area contributed by atoms with Crippen molar-refractivity contribution >= 4 is 21.7 Å². The molecule has 8 heteroatoms. The highest BCUT2D eigenvalue weighted by atomic mass is 32.2. The fourth-order valence-electron chi connectivity index (χ4n) is 3.05. The predicted octanol–water partition coefficient (Wildman–Crippen LogP) is 2.98. The molecule has 0 unspecified atom stereocenters. The third-order valence-electron chi connectivity index (χ3n) is 4.47. The molecule has 0 fully saturated rings. The second-order valence-electron chi connectivity index (χ2n) is 6.28. The van der Waals surface area contributed by atoms with Gasteiger partial charge in [-0.3, -0.25) is 4.72 Å². The van der Waals surface area contributed by atoms with Crippen LogP contribution in [0.1, 0.15) is 11.1 Å². The van der Waals surface area contributed by atoms with E-state index in [0.717, 1.165) is 31.6 Å². The van der Waals surface area contributed by atoms with E-state index < -0.39 is 15.8 Å². The lowest BCUT2D eigenvalue weighted by molar-refractivity contribution is 0.599. The molecule has 27 heavy (non-hydrogen) atoms. The monoisotopic (exact) mass is 384 g/mol. The normalized spacial score (nSPS) is 13.9. The van der Waals surface area contributed by atoms with Crippen LogP contribution in [0.5, 0.6) is 0 Å². The van der Waals surface area contributed by atoms with E-state index in [1.807, 2.05) is 12.1 Å². The van der Waals surface area contributed by atoms with E-state index in [-0.39, 0.29) is 10.7 Å². The Morgan fingerprint density at radius 2 is 1.67 bits per heavy atom. The molecule has 1 aliphatic rings. The second kappa shape index (κ2) is 6.96. The Bertz CT molecular complexity index is 1050. The van der Waals surface area contributed by atoms with E-state index >= 15 is 0 Å². The molecule has 0 radical (unpaired) electrons. The van der Waals surface area contributed by atoms with Gasteiger partial charge in [-0.25, -0.2) is 12.8 Å². The molecule has 0 spiro atoms. The largest absolute Gasteiger partial charge is 0.350 e. The minimum Gasteiger partial charge on any atom is -0.350 e. The first-order valence-corrected chi connectivity index (χ1v) is 9.93. The van der Waals surface area contributed by atoms with Crippen LogP contribution in [-0.4, -0.2) is 25.2 Å². The summed E-state index contributed by atoms with van der Waals surface area (Å²) in [5.74, 6) is 0.302. The second-order valence-corrected chi connectivity index (χ2v) is 7.96. The van der Waals surface area contributed by atoms with Crippen molar-refractivity contribution in [3.63, 3.8) is 0 Å². The zero-order valence-electron chi connectivity index (χ0n) is 14.3. The molecule has 138 valence electrons. The average Bonchev–Trinajstić information content (AvgIpc) is 2.68. The lowest BCUT2D eigenvalue weighted by atomic mass is 10.00. The van der Waals surface area contributed by atoms with Gasteiger partial charge in [-0.1, -0.05) is 24.3 Å². The van der Waals surface area contributed by atoms with E-state index in [2.05, 4.69) is 32.0 Å². The maximum atomic E-state index is 13.0. The van der Waals surface area contributed by atoms with Gasteiger partial charge >= 0.3 is 0 Å². The van der Waals surface area contributed by atoms with Crippen molar-refractivity contribution in [2.75, 3.05) is 16.2 Å². The summed E-state index contributed by atoms with van der Waals surface area (Å²) in [4.78, 5) is 2.07. The number of aromatic nitrogens is 2. The number of hydrogen-bond donors (Lipinski definition) is 1. The van der Waals surface area contributed by atoms with Crippen molar-refractivity contribution in [3.05, 3.63) is 77.6 Å². The summed E-state index contributed by atoms with van der Waals surface area (Å²) in [6.45, 7) is 1.57. The summed E-state index contributed by atoms with van der Waals surface area (Å²) in [7, 11) is -3.84. The van der Waals surface area contributed by atoms with Crippen LogP contribution in [0.15, 0.2) is 65.6 Å². The lowest BCUT2D eigenvalue weighted by Gasteiger charge is -2.29. The molecule has 0 saturated carbocycles. The van der Waals surface area contributed by atoms with Gasteiger partial charge in [0.2, 0.25) is 0 Å². The number of rotatable bonds is 4. The van der Waals surface area contributed by atoms with Gasteiger partial charge in [0.15, 0.2) is 11.6 Å². The molecule has 1 aliphatic heterocycles. The number of anilines is 2. The minimum atomic E-state index is -3.84. The molecule has 0 bridgehead atoms. The van der Waals surface area contributed by atoms with Crippen LogP contribution in [0, 0.1) is 5.82 Å². The van der Waals surface area contributed by atoms with Crippen molar-refractivity contribution < 1.29 is 12.8 Å². The molecule has 1 aromatic heterocycles. The zero-order chi connectivity index (χ0) is 18.9. The number of fused-ring (bicyclic) bond motifs is 1. The first kappa shape index (κ1) is 17.4. The number of sulfonamides is 1. The molecule has 2 aromatic carbocycles. The number of hydrogen-bond acceptors (Lipinski definition) is 5. The summed E-state index contributed by atoms with van der Waals surface area (Å²) in [6, 6.07) is 16.2. The van der Waals surface area contributed by atoms with Gasteiger partial charge in [0.05, 0.1) is 4.90 Å². The maximum Gasteiger partial charge on any atom is 0.263 e. The zero-order valence-corrected chi connectivity index (χ0v) is 15.2. The fourth-order valence-corrected chi connectivity index (χ4v) is 4.05. The van der Waals surface area contributed by atoms with Gasteiger partial charge in [0.1, 0.15) is 5.82 Å². The van der Waals surface area contributed by atoms with Gasteiger partial charge < -0.3 is 4.90 Å². The van der Waals surface area contributed by atoms with E-state index in [1.54, 1.807) is 12.1 Å². The van der Waals surface area contributed by atoms with Crippen LogP contribution in [0.2, 0.25) is 0 Å². The predicted molar refractivity (Wildman–Crippen MR) is 100 cm³/mol. The lowest BCUT2D eigenvalue weighted by Crippen LogP contribution is -2.31. The fraction of sp³-hybridized carbons (Fsp3) is 0.158. The van der Waals surface area contributed by atoms with Crippen LogP contribution in [-0.2, 0) is 23.0 Å². The molecule has 0 saturated heterocycles. The first-order chi connectivity index (χ1) is 13.0. The van der Waals surface area contributed by atoms with E-state index in [9.17, 15) is 12.8 Å². The Kier molecular flexibility index (Phi) is 4.49. The van der Waals surface area contributed by atoms with Gasteiger partial charge in [-0.05, 0) is 53.9 Å². The standard InChI is InChI=1S/C19H17FN4O2S/c20-16-5-7-17(8-6-16)27(25,26)23-18-9-10-19(22-21-18)24-12-11-14-3-1-2-4-15(14)13-24/h1-10H,11-13H2,(H,21,23). The number of nitrogens with zero attached hydrogens (tertiary/aromatic N) is 3. The van der Waals surface area contributed by atoms with Crippen molar-refractivity contribution in [2.45, 2.75) is 17.9 Å². The maximum absolute atomic E-state index is 13.0. The van der Waals surface area contributed by atoms with Crippen molar-refractivity contribution in [3.8, 4) is 0 Å². The summed E-state index contributed by atoms with van der Waals surface area (Å²) < 4.78 is 40.0. The van der Waals surface area contributed by atoms with Gasteiger partial charge in [0.25, 0.3) is 10.0 Å². The van der Waals surface area contributed by atoms with Crippen molar-refractivity contribution in [1.82, 2.24) is 10.2 Å². The molecule has 0 amide bonds. The highest BCUT2D eigenvalue weighted by Gasteiger charge is 2.19. The van der Waals surface area contributed by atoms with Crippen LogP contribution < -0.4 is 9.62 Å². The highest BCUT2D eigenvalue weighted by molar-refractivity contribution is 7.92. The minimum absolute atomic E-state index is 0.0394. The molecule has 4 rings (SSSR count). The molecule has 0 atom stereocenters. The molecule has 0 aliphatic carbocycles. The van der Waals surface area contributed by atoms with Crippen LogP contribution in [0.25, 0.3) is 0 Å². The quantitative estimate of drug-likeness (QED) is 0.749. The molecule has 6 nitrogen and oxygen atoms in total. The summed E-state index contributed by atoms with van der Waals surface area (Å²) in [5, 5.41) is 8.14. The Balaban J connectivity index is 1.49. The van der Waals surface area contributed by atoms with Crippen LogP contribution >= 0.6 is 0 Å². The smallest absolute Gasteiger partial charge is 0.263 e. The Labute approximate surface area is 156 Å². The van der Waals surface area contributed by atoms with Gasteiger partial charge in [-0.15, -0.1) is 10.2 Å². The number of nitrogens with one attached hydrogen (secondary N) is 1.